The fraction of sp³-hybridized carbons (Fsp3) is 0.692. The summed E-state index contributed by atoms with van der Waals surface area (Å²) >= 11 is 6.28. The van der Waals surface area contributed by atoms with E-state index in [2.05, 4.69) is 5.10 Å². The fourth-order valence-electron chi connectivity index (χ4n) is 1.84. The van der Waals surface area contributed by atoms with Crippen molar-refractivity contribution in [3.05, 3.63) is 16.4 Å². The van der Waals surface area contributed by atoms with Gasteiger partial charge >= 0.3 is 5.97 Å². The van der Waals surface area contributed by atoms with Gasteiger partial charge in [-0.2, -0.15) is 5.10 Å². The number of nitrogens with zero attached hydrogens (tertiary/aromatic N) is 3. The van der Waals surface area contributed by atoms with Gasteiger partial charge in [0.1, 0.15) is 0 Å². The molecule has 0 aromatic carbocycles. The maximum Gasteiger partial charge on any atom is 0.307 e. The van der Waals surface area contributed by atoms with Crippen LogP contribution in [0.1, 0.15) is 31.7 Å². The summed E-state index contributed by atoms with van der Waals surface area (Å²) in [5.74, 6) is -0.167. The van der Waals surface area contributed by atoms with E-state index in [1.165, 1.54) is 0 Å². The van der Waals surface area contributed by atoms with E-state index >= 15 is 0 Å². The largest absolute Gasteiger partial charge is 0.466 e. The van der Waals surface area contributed by atoms with Gasteiger partial charge in [0.2, 0.25) is 0 Å². The smallest absolute Gasteiger partial charge is 0.307 e. The minimum Gasteiger partial charge on any atom is -0.466 e. The highest BCUT2D eigenvalue weighted by Crippen LogP contribution is 2.21. The molecule has 0 unspecified atom stereocenters. The van der Waals surface area contributed by atoms with E-state index < -0.39 is 0 Å². The van der Waals surface area contributed by atoms with E-state index in [4.69, 9.17) is 16.3 Å². The van der Waals surface area contributed by atoms with Gasteiger partial charge in [0.05, 0.1) is 29.4 Å². The zero-order valence-electron chi connectivity index (χ0n) is 12.1. The predicted octanol–water partition coefficient (Wildman–Crippen LogP) is 2.02. The number of hydrogen-bond donors (Lipinski definition) is 0. The quantitative estimate of drug-likeness (QED) is 0.720. The molecule has 1 aromatic rings. The molecule has 108 valence electrons. The summed E-state index contributed by atoms with van der Waals surface area (Å²) in [6, 6.07) is 0. The third-order valence-electron chi connectivity index (χ3n) is 2.93. The third-order valence-corrected chi connectivity index (χ3v) is 3.36. The van der Waals surface area contributed by atoms with Crippen LogP contribution in [0.15, 0.2) is 0 Å². The normalized spacial score (nSPS) is 11.1. The van der Waals surface area contributed by atoms with Crippen molar-refractivity contribution in [1.29, 1.82) is 0 Å². The van der Waals surface area contributed by atoms with E-state index in [-0.39, 0.29) is 5.97 Å². The van der Waals surface area contributed by atoms with Gasteiger partial charge in [0, 0.05) is 20.1 Å². The average molecular weight is 288 g/mol. The molecular formula is C13H22ClN3O2. The molecule has 0 aliphatic heterocycles. The lowest BCUT2D eigenvalue weighted by Gasteiger charge is -2.16. The Hall–Kier alpha value is -1.07. The Morgan fingerprint density at radius 2 is 2.16 bits per heavy atom. The van der Waals surface area contributed by atoms with E-state index in [1.807, 2.05) is 37.5 Å². The first-order valence-electron chi connectivity index (χ1n) is 6.53. The molecule has 0 saturated heterocycles. The summed E-state index contributed by atoms with van der Waals surface area (Å²) in [6.45, 7) is 5.57. The molecule has 5 nitrogen and oxygen atoms in total. The number of rotatable bonds is 7. The maximum absolute atomic E-state index is 11.3. The second-order valence-corrected chi connectivity index (χ2v) is 4.86. The summed E-state index contributed by atoms with van der Waals surface area (Å²) in [7, 11) is 3.84. The van der Waals surface area contributed by atoms with E-state index in [0.717, 1.165) is 22.8 Å². The Morgan fingerprint density at radius 3 is 2.68 bits per heavy atom. The number of aromatic nitrogens is 2. The summed E-state index contributed by atoms with van der Waals surface area (Å²) in [6.07, 6.45) is 1.21. The van der Waals surface area contributed by atoms with Gasteiger partial charge < -0.3 is 4.74 Å². The summed E-state index contributed by atoms with van der Waals surface area (Å²) in [4.78, 5) is 13.3. The molecule has 19 heavy (non-hydrogen) atoms. The second-order valence-electron chi connectivity index (χ2n) is 4.48. The lowest BCUT2D eigenvalue weighted by atomic mass is 10.3. The van der Waals surface area contributed by atoms with E-state index in [9.17, 15) is 4.79 Å². The molecule has 0 bridgehead atoms. The van der Waals surface area contributed by atoms with Crippen LogP contribution < -0.4 is 0 Å². The van der Waals surface area contributed by atoms with Crippen LogP contribution in [-0.2, 0) is 29.5 Å². The Morgan fingerprint density at radius 1 is 1.47 bits per heavy atom. The highest BCUT2D eigenvalue weighted by molar-refractivity contribution is 6.31. The van der Waals surface area contributed by atoms with Gasteiger partial charge in [-0.05, 0) is 20.4 Å². The van der Waals surface area contributed by atoms with Crippen LogP contribution in [0.2, 0.25) is 5.02 Å². The highest BCUT2D eigenvalue weighted by atomic mass is 35.5. The monoisotopic (exact) mass is 287 g/mol. The lowest BCUT2D eigenvalue weighted by Crippen LogP contribution is -2.23. The van der Waals surface area contributed by atoms with Crippen molar-refractivity contribution >= 4 is 17.6 Å². The van der Waals surface area contributed by atoms with Crippen molar-refractivity contribution in [2.45, 2.75) is 33.2 Å². The van der Waals surface area contributed by atoms with E-state index in [1.54, 1.807) is 0 Å². The summed E-state index contributed by atoms with van der Waals surface area (Å²) in [5, 5.41) is 5.10. The van der Waals surface area contributed by atoms with Crippen LogP contribution in [-0.4, -0.2) is 40.8 Å². The molecule has 0 spiro atoms. The molecule has 0 N–H and O–H groups in total. The molecule has 1 heterocycles. The summed E-state index contributed by atoms with van der Waals surface area (Å²) in [5.41, 5.74) is 1.89. The van der Waals surface area contributed by atoms with Gasteiger partial charge in [0.25, 0.3) is 0 Å². The third kappa shape index (κ3) is 4.51. The van der Waals surface area contributed by atoms with Crippen molar-refractivity contribution in [3.8, 4) is 0 Å². The number of carbonyl (C=O) groups excluding carboxylic acids is 1. The molecule has 0 amide bonds. The Bertz CT molecular complexity index is 432. The highest BCUT2D eigenvalue weighted by Gasteiger charge is 2.15. The number of aryl methyl sites for hydroxylation is 2. The lowest BCUT2D eigenvalue weighted by molar-refractivity contribution is -0.143. The second kappa shape index (κ2) is 7.50. The first-order chi connectivity index (χ1) is 8.99. The van der Waals surface area contributed by atoms with Gasteiger partial charge in [-0.1, -0.05) is 18.5 Å². The van der Waals surface area contributed by atoms with Crippen LogP contribution in [0, 0.1) is 0 Å². The minimum absolute atomic E-state index is 0.167. The predicted molar refractivity (Wildman–Crippen MR) is 75.2 cm³/mol. The molecule has 0 aliphatic carbocycles. The van der Waals surface area contributed by atoms with Crippen LogP contribution in [0.3, 0.4) is 0 Å². The number of halogens is 1. The van der Waals surface area contributed by atoms with Crippen molar-refractivity contribution in [2.24, 2.45) is 7.05 Å². The topological polar surface area (TPSA) is 47.4 Å². The molecule has 6 heteroatoms. The van der Waals surface area contributed by atoms with Crippen molar-refractivity contribution in [2.75, 3.05) is 20.2 Å². The van der Waals surface area contributed by atoms with E-state index in [0.29, 0.717) is 26.1 Å². The van der Waals surface area contributed by atoms with Gasteiger partial charge in [-0.25, -0.2) is 0 Å². The van der Waals surface area contributed by atoms with Crippen molar-refractivity contribution in [3.63, 3.8) is 0 Å². The first kappa shape index (κ1) is 16.0. The Balaban J connectivity index is 2.55. The van der Waals surface area contributed by atoms with Crippen LogP contribution in [0.4, 0.5) is 0 Å². The van der Waals surface area contributed by atoms with Crippen molar-refractivity contribution in [1.82, 2.24) is 14.7 Å². The Labute approximate surface area is 119 Å². The zero-order valence-corrected chi connectivity index (χ0v) is 12.8. The SMILES string of the molecule is CCOC(=O)CCN(C)Cc1c(Cl)c(CC)nn1C. The average Bonchev–Trinajstić information content (AvgIpc) is 2.64. The fourth-order valence-corrected chi connectivity index (χ4v) is 2.20. The molecule has 1 aromatic heterocycles. The number of esters is 1. The van der Waals surface area contributed by atoms with Crippen LogP contribution in [0.5, 0.6) is 0 Å². The summed E-state index contributed by atoms with van der Waals surface area (Å²) < 4.78 is 6.71. The van der Waals surface area contributed by atoms with Gasteiger partial charge in [-0.3, -0.25) is 14.4 Å². The van der Waals surface area contributed by atoms with Crippen LogP contribution in [0.25, 0.3) is 0 Å². The molecule has 1 rings (SSSR count). The molecule has 0 aliphatic rings. The van der Waals surface area contributed by atoms with Crippen molar-refractivity contribution < 1.29 is 9.53 Å². The maximum atomic E-state index is 11.3. The minimum atomic E-state index is -0.167. The zero-order chi connectivity index (χ0) is 14.4. The van der Waals surface area contributed by atoms with Gasteiger partial charge in [-0.15, -0.1) is 0 Å². The number of ether oxygens (including phenoxy) is 1. The number of carbonyl (C=O) groups is 1. The number of hydrogen-bond acceptors (Lipinski definition) is 4. The molecule has 0 radical (unpaired) electrons. The molecular weight excluding hydrogens is 266 g/mol. The molecule has 0 saturated carbocycles. The van der Waals surface area contributed by atoms with Crippen LogP contribution >= 0.6 is 11.6 Å². The Kier molecular flexibility index (Phi) is 6.31. The molecule has 0 fully saturated rings. The molecule has 0 atom stereocenters. The standard InChI is InChI=1S/C13H22ClN3O2/c1-5-10-13(14)11(17(4)15-10)9-16(3)8-7-12(18)19-6-2/h5-9H2,1-4H3. The van der Waals surface area contributed by atoms with Gasteiger partial charge in [0.15, 0.2) is 0 Å². The first-order valence-corrected chi connectivity index (χ1v) is 6.91.